The quantitative estimate of drug-likeness (QED) is 0.530. The van der Waals surface area contributed by atoms with Crippen molar-refractivity contribution in [3.63, 3.8) is 0 Å². The van der Waals surface area contributed by atoms with E-state index in [1.165, 1.54) is 7.11 Å². The van der Waals surface area contributed by atoms with Crippen LogP contribution in [-0.4, -0.2) is 13.1 Å². The molecule has 0 aliphatic carbocycles. The van der Waals surface area contributed by atoms with E-state index in [1.807, 2.05) is 38.1 Å². The van der Waals surface area contributed by atoms with Crippen LogP contribution >= 0.6 is 11.8 Å². The standard InChI is InChI=1S/C15H17NO3S/c1-9-4-5-13(12(16)6-9)20-8-11-7-10(2)14(19-11)15(17)18-3/h4-7H,8,16H2,1-3H3. The zero-order chi connectivity index (χ0) is 14.7. The third-order valence-electron chi connectivity index (χ3n) is 2.87. The number of anilines is 1. The Hall–Kier alpha value is -1.88. The number of furan rings is 1. The summed E-state index contributed by atoms with van der Waals surface area (Å²) in [6.07, 6.45) is 0. The summed E-state index contributed by atoms with van der Waals surface area (Å²) >= 11 is 1.58. The van der Waals surface area contributed by atoms with Crippen LogP contribution in [0.1, 0.15) is 27.4 Å². The van der Waals surface area contributed by atoms with Crippen molar-refractivity contribution >= 4 is 23.4 Å². The Morgan fingerprint density at radius 1 is 1.35 bits per heavy atom. The topological polar surface area (TPSA) is 65.5 Å². The highest BCUT2D eigenvalue weighted by molar-refractivity contribution is 7.98. The molecular formula is C15H17NO3S. The molecule has 0 aliphatic rings. The minimum absolute atomic E-state index is 0.264. The Morgan fingerprint density at radius 2 is 2.10 bits per heavy atom. The van der Waals surface area contributed by atoms with Gasteiger partial charge in [0.15, 0.2) is 0 Å². The number of hydrogen-bond acceptors (Lipinski definition) is 5. The highest BCUT2D eigenvalue weighted by atomic mass is 32.2. The summed E-state index contributed by atoms with van der Waals surface area (Å²) < 4.78 is 10.2. The zero-order valence-electron chi connectivity index (χ0n) is 11.7. The van der Waals surface area contributed by atoms with Gasteiger partial charge in [-0.25, -0.2) is 4.79 Å². The predicted octanol–water partition coefficient (Wildman–Crippen LogP) is 3.56. The van der Waals surface area contributed by atoms with Crippen LogP contribution < -0.4 is 5.73 Å². The first kappa shape index (κ1) is 14.5. The van der Waals surface area contributed by atoms with Crippen molar-refractivity contribution in [2.45, 2.75) is 24.5 Å². The van der Waals surface area contributed by atoms with Gasteiger partial charge in [-0.2, -0.15) is 0 Å². The van der Waals surface area contributed by atoms with Gasteiger partial charge >= 0.3 is 5.97 Å². The van der Waals surface area contributed by atoms with E-state index < -0.39 is 5.97 Å². The van der Waals surface area contributed by atoms with Crippen LogP contribution in [-0.2, 0) is 10.5 Å². The van der Waals surface area contributed by atoms with E-state index in [9.17, 15) is 4.79 Å². The van der Waals surface area contributed by atoms with Gasteiger partial charge in [0.2, 0.25) is 5.76 Å². The molecule has 0 spiro atoms. The molecule has 1 aromatic heterocycles. The average Bonchev–Trinajstić information content (AvgIpc) is 2.78. The highest BCUT2D eigenvalue weighted by Crippen LogP contribution is 2.30. The van der Waals surface area contributed by atoms with Crippen molar-refractivity contribution in [2.75, 3.05) is 12.8 Å². The third-order valence-corrected chi connectivity index (χ3v) is 3.99. The number of nitrogen functional groups attached to an aromatic ring is 1. The molecule has 1 aromatic carbocycles. The SMILES string of the molecule is COC(=O)c1oc(CSc2ccc(C)cc2N)cc1C. The Labute approximate surface area is 122 Å². The van der Waals surface area contributed by atoms with E-state index in [2.05, 4.69) is 4.74 Å². The van der Waals surface area contributed by atoms with E-state index in [0.717, 1.165) is 27.5 Å². The zero-order valence-corrected chi connectivity index (χ0v) is 12.5. The van der Waals surface area contributed by atoms with Gasteiger partial charge in [-0.1, -0.05) is 6.07 Å². The number of esters is 1. The maximum absolute atomic E-state index is 11.5. The van der Waals surface area contributed by atoms with E-state index in [0.29, 0.717) is 5.75 Å². The number of carbonyl (C=O) groups excluding carboxylic acids is 1. The monoisotopic (exact) mass is 291 g/mol. The molecule has 0 amide bonds. The molecular weight excluding hydrogens is 274 g/mol. The molecule has 1 heterocycles. The molecule has 0 saturated heterocycles. The first-order valence-corrected chi connectivity index (χ1v) is 7.16. The van der Waals surface area contributed by atoms with Crippen LogP contribution in [0.5, 0.6) is 0 Å². The lowest BCUT2D eigenvalue weighted by molar-refractivity contribution is 0.0562. The molecule has 4 nitrogen and oxygen atoms in total. The van der Waals surface area contributed by atoms with Crippen molar-refractivity contribution in [1.82, 2.24) is 0 Å². The Balaban J connectivity index is 2.09. The summed E-state index contributed by atoms with van der Waals surface area (Å²) in [6.45, 7) is 3.83. The van der Waals surface area contributed by atoms with E-state index in [-0.39, 0.29) is 5.76 Å². The van der Waals surface area contributed by atoms with Gasteiger partial charge in [-0.05, 0) is 37.6 Å². The number of benzene rings is 1. The van der Waals surface area contributed by atoms with Crippen LogP contribution in [0.3, 0.4) is 0 Å². The fourth-order valence-electron chi connectivity index (χ4n) is 1.86. The Morgan fingerprint density at radius 3 is 2.75 bits per heavy atom. The first-order valence-electron chi connectivity index (χ1n) is 6.18. The van der Waals surface area contributed by atoms with Crippen molar-refractivity contribution < 1.29 is 13.9 Å². The molecule has 0 saturated carbocycles. The lowest BCUT2D eigenvalue weighted by Crippen LogP contribution is -2.00. The van der Waals surface area contributed by atoms with Gasteiger partial charge in [0.25, 0.3) is 0 Å². The molecule has 0 bridgehead atoms. The fourth-order valence-corrected chi connectivity index (χ4v) is 2.69. The van der Waals surface area contributed by atoms with Crippen LogP contribution in [0.4, 0.5) is 5.69 Å². The molecule has 2 rings (SSSR count). The number of thioether (sulfide) groups is 1. The highest BCUT2D eigenvalue weighted by Gasteiger charge is 2.16. The predicted molar refractivity (Wildman–Crippen MR) is 79.9 cm³/mol. The largest absolute Gasteiger partial charge is 0.463 e. The third kappa shape index (κ3) is 3.17. The molecule has 0 fully saturated rings. The van der Waals surface area contributed by atoms with Gasteiger partial charge in [0.1, 0.15) is 5.76 Å². The van der Waals surface area contributed by atoms with Crippen LogP contribution in [0, 0.1) is 13.8 Å². The molecule has 2 N–H and O–H groups in total. The smallest absolute Gasteiger partial charge is 0.374 e. The Bertz CT molecular complexity index is 634. The van der Waals surface area contributed by atoms with Crippen LogP contribution in [0.15, 0.2) is 33.6 Å². The second-order valence-corrected chi connectivity index (χ2v) is 5.56. The summed E-state index contributed by atoms with van der Waals surface area (Å²) in [5, 5.41) is 0. The Kier molecular flexibility index (Phi) is 4.39. The normalized spacial score (nSPS) is 10.6. The van der Waals surface area contributed by atoms with Crippen LogP contribution in [0.2, 0.25) is 0 Å². The number of aryl methyl sites for hydroxylation is 2. The number of hydrogen-bond donors (Lipinski definition) is 1. The van der Waals surface area contributed by atoms with Crippen molar-refractivity contribution in [1.29, 1.82) is 0 Å². The summed E-state index contributed by atoms with van der Waals surface area (Å²) in [6, 6.07) is 7.80. The molecule has 106 valence electrons. The van der Waals surface area contributed by atoms with E-state index in [4.69, 9.17) is 10.2 Å². The van der Waals surface area contributed by atoms with E-state index >= 15 is 0 Å². The molecule has 0 unspecified atom stereocenters. The van der Waals surface area contributed by atoms with Crippen molar-refractivity contribution in [2.24, 2.45) is 0 Å². The number of methoxy groups -OCH3 is 1. The van der Waals surface area contributed by atoms with Gasteiger partial charge in [-0.15, -0.1) is 11.8 Å². The number of rotatable bonds is 4. The fraction of sp³-hybridized carbons (Fsp3) is 0.267. The lowest BCUT2D eigenvalue weighted by Gasteiger charge is -2.05. The number of ether oxygens (including phenoxy) is 1. The molecule has 20 heavy (non-hydrogen) atoms. The minimum atomic E-state index is -0.450. The van der Waals surface area contributed by atoms with Gasteiger partial charge in [0, 0.05) is 16.1 Å². The minimum Gasteiger partial charge on any atom is -0.463 e. The summed E-state index contributed by atoms with van der Waals surface area (Å²) in [5.74, 6) is 1.16. The average molecular weight is 291 g/mol. The van der Waals surface area contributed by atoms with Crippen molar-refractivity contribution in [3.8, 4) is 0 Å². The van der Waals surface area contributed by atoms with E-state index in [1.54, 1.807) is 11.8 Å². The number of carbonyl (C=O) groups is 1. The summed E-state index contributed by atoms with van der Waals surface area (Å²) in [5.41, 5.74) is 8.64. The second kappa shape index (κ2) is 6.05. The maximum Gasteiger partial charge on any atom is 0.374 e. The summed E-state index contributed by atoms with van der Waals surface area (Å²) in [7, 11) is 1.34. The molecule has 0 radical (unpaired) electrons. The first-order chi connectivity index (χ1) is 9.51. The molecule has 0 aliphatic heterocycles. The summed E-state index contributed by atoms with van der Waals surface area (Å²) in [4.78, 5) is 12.5. The lowest BCUT2D eigenvalue weighted by atomic mass is 10.2. The second-order valence-electron chi connectivity index (χ2n) is 4.55. The van der Waals surface area contributed by atoms with Gasteiger partial charge < -0.3 is 14.9 Å². The molecule has 0 atom stereocenters. The van der Waals surface area contributed by atoms with Crippen molar-refractivity contribution in [3.05, 3.63) is 46.9 Å². The number of nitrogens with two attached hydrogens (primary N) is 1. The molecule has 5 heteroatoms. The van der Waals surface area contributed by atoms with Gasteiger partial charge in [-0.3, -0.25) is 0 Å². The van der Waals surface area contributed by atoms with Gasteiger partial charge in [0.05, 0.1) is 12.9 Å². The molecule has 2 aromatic rings. The van der Waals surface area contributed by atoms with Crippen LogP contribution in [0.25, 0.3) is 0 Å². The maximum atomic E-state index is 11.5.